The fourth-order valence-electron chi connectivity index (χ4n) is 7.24. The molecule has 0 spiro atoms. The van der Waals surface area contributed by atoms with Gasteiger partial charge < -0.3 is 52.0 Å². The number of aromatic amines is 1. The number of carboxylic acid groups (broad SMARTS) is 3. The van der Waals surface area contributed by atoms with E-state index >= 15 is 0 Å². The number of rotatable bonds is 23. The summed E-state index contributed by atoms with van der Waals surface area (Å²) in [5.74, 6) is -3.74. The summed E-state index contributed by atoms with van der Waals surface area (Å²) in [4.78, 5) is 108. The van der Waals surface area contributed by atoms with Crippen molar-refractivity contribution < 1.29 is 48.8 Å². The molecule has 1 aliphatic heterocycles. The number of unbranched alkanes of at least 4 members (excludes halogenated alkanes) is 1. The summed E-state index contributed by atoms with van der Waals surface area (Å²) in [6.45, 7) is 4.55. The number of amides is 3. The van der Waals surface area contributed by atoms with Crippen LogP contribution in [0.5, 0.6) is 5.75 Å². The van der Waals surface area contributed by atoms with Crippen molar-refractivity contribution in [2.75, 3.05) is 110 Å². The Morgan fingerprint density at radius 3 is 2.00 bits per heavy atom. The van der Waals surface area contributed by atoms with E-state index in [1.807, 2.05) is 24.1 Å². The Hall–Kier alpha value is -7.28. The number of anilines is 2. The van der Waals surface area contributed by atoms with E-state index in [-0.39, 0.29) is 80.2 Å². The summed E-state index contributed by atoms with van der Waals surface area (Å²) in [7, 11) is 1.95. The van der Waals surface area contributed by atoms with Gasteiger partial charge in [0.2, 0.25) is 11.9 Å². The topological polar surface area (TPSA) is 331 Å². The molecule has 10 N–H and O–H groups in total. The number of aliphatic carboxylic acids is 3. The van der Waals surface area contributed by atoms with Crippen LogP contribution in [0.15, 0.2) is 59.5 Å². The van der Waals surface area contributed by atoms with Gasteiger partial charge in [0.05, 0.1) is 38.1 Å². The molecule has 0 saturated carbocycles. The first-order valence-electron chi connectivity index (χ1n) is 22.5. The number of aromatic nitrogens is 4. The molecule has 0 aliphatic carbocycles. The highest BCUT2D eigenvalue weighted by molar-refractivity contribution is 5.96. The van der Waals surface area contributed by atoms with E-state index in [1.54, 1.807) is 46.2 Å². The van der Waals surface area contributed by atoms with Gasteiger partial charge in [-0.3, -0.25) is 48.5 Å². The first-order valence-corrected chi connectivity index (χ1v) is 22.5. The van der Waals surface area contributed by atoms with Crippen molar-refractivity contribution in [2.24, 2.45) is 0 Å². The van der Waals surface area contributed by atoms with E-state index in [9.17, 15) is 48.9 Å². The molecule has 2 aromatic carbocycles. The molecule has 0 radical (unpaired) electrons. The molecule has 1 atom stereocenters. The average Bonchev–Trinajstić information content (AvgIpc) is 3.31. The lowest BCUT2D eigenvalue weighted by atomic mass is 10.1. The molecule has 3 amide bonds. The summed E-state index contributed by atoms with van der Waals surface area (Å²) < 4.78 is 5.63. The van der Waals surface area contributed by atoms with Crippen molar-refractivity contribution in [2.45, 2.75) is 38.3 Å². The van der Waals surface area contributed by atoms with E-state index < -0.39 is 35.4 Å². The molecule has 24 heteroatoms. The SMILES string of the molecule is CN1CCN(CC(=O)O)CCN(CC(=O)O)CCN(CC(=O)NCCc2ccc(OCC(=O)NCCCC[C@H](NC(=O)c3ccc(NCc4cnc5nc(N)[nH]c(=O)c5n4)cc3)C(=O)O)cc2)CC1. The van der Waals surface area contributed by atoms with Crippen molar-refractivity contribution in [3.63, 3.8) is 0 Å². The summed E-state index contributed by atoms with van der Waals surface area (Å²) in [6, 6.07) is 12.4. The number of nitrogens with zero attached hydrogens (tertiary/aromatic N) is 7. The molecule has 4 aromatic rings. The number of ether oxygens (including phenoxy) is 1. The van der Waals surface area contributed by atoms with Gasteiger partial charge >= 0.3 is 17.9 Å². The summed E-state index contributed by atoms with van der Waals surface area (Å²) in [6.07, 6.45) is 3.04. The van der Waals surface area contributed by atoms with Crippen LogP contribution in [0.2, 0.25) is 0 Å². The molecule has 372 valence electrons. The van der Waals surface area contributed by atoms with Gasteiger partial charge in [0.15, 0.2) is 17.8 Å². The number of carbonyl (C=O) groups excluding carboxylic acids is 3. The van der Waals surface area contributed by atoms with Gasteiger partial charge in [-0.15, -0.1) is 0 Å². The smallest absolute Gasteiger partial charge is 0.326 e. The summed E-state index contributed by atoms with van der Waals surface area (Å²) in [5.41, 5.74) is 7.53. The van der Waals surface area contributed by atoms with Crippen LogP contribution < -0.4 is 37.3 Å². The largest absolute Gasteiger partial charge is 0.484 e. The van der Waals surface area contributed by atoms with Crippen molar-refractivity contribution in [3.8, 4) is 5.75 Å². The number of nitrogens with two attached hydrogens (primary N) is 1. The van der Waals surface area contributed by atoms with Gasteiger partial charge in [-0.2, -0.15) is 4.98 Å². The van der Waals surface area contributed by atoms with E-state index in [0.717, 1.165) is 5.56 Å². The maximum absolute atomic E-state index is 13.0. The first kappa shape index (κ1) is 52.7. The highest BCUT2D eigenvalue weighted by Crippen LogP contribution is 2.14. The monoisotopic (exact) mass is 959 g/mol. The van der Waals surface area contributed by atoms with Crippen molar-refractivity contribution >= 4 is 58.4 Å². The fraction of sp³-hybridized carbons (Fsp3) is 0.467. The fourth-order valence-corrected chi connectivity index (χ4v) is 7.24. The number of benzene rings is 2. The Morgan fingerprint density at radius 1 is 0.768 bits per heavy atom. The van der Waals surface area contributed by atoms with Crippen LogP contribution in [0.3, 0.4) is 0 Å². The van der Waals surface area contributed by atoms with Gasteiger partial charge in [-0.25, -0.2) is 14.8 Å². The van der Waals surface area contributed by atoms with Crippen molar-refractivity contribution in [1.29, 1.82) is 0 Å². The number of nitrogens with one attached hydrogen (secondary N) is 5. The van der Waals surface area contributed by atoms with Gasteiger partial charge in [0.25, 0.3) is 17.4 Å². The molecule has 0 bridgehead atoms. The zero-order chi connectivity index (χ0) is 49.7. The lowest BCUT2D eigenvalue weighted by Crippen LogP contribution is -2.48. The van der Waals surface area contributed by atoms with Crippen molar-refractivity contribution in [1.82, 2.24) is 55.5 Å². The molecule has 3 heterocycles. The number of likely N-dealkylation sites (N-methyl/N-ethyl adjacent to an activating group) is 1. The van der Waals surface area contributed by atoms with Gasteiger partial charge in [-0.05, 0) is 74.7 Å². The second-order valence-electron chi connectivity index (χ2n) is 16.6. The number of nitrogen functional groups attached to an aromatic ring is 1. The van der Waals surface area contributed by atoms with Crippen molar-refractivity contribution in [3.05, 3.63) is 81.9 Å². The number of hydrogen-bond donors (Lipinski definition) is 9. The Bertz CT molecular complexity index is 2420. The number of carbonyl (C=O) groups is 6. The Labute approximate surface area is 397 Å². The van der Waals surface area contributed by atoms with E-state index in [1.165, 1.54) is 6.20 Å². The van der Waals surface area contributed by atoms with Gasteiger partial charge in [0, 0.05) is 76.7 Å². The minimum atomic E-state index is -1.18. The van der Waals surface area contributed by atoms with Gasteiger partial charge in [-0.1, -0.05) is 12.1 Å². The highest BCUT2D eigenvalue weighted by Gasteiger charge is 2.22. The Morgan fingerprint density at radius 2 is 1.38 bits per heavy atom. The first-order chi connectivity index (χ1) is 33.1. The lowest BCUT2D eigenvalue weighted by Gasteiger charge is -2.32. The number of fused-ring (bicyclic) bond motifs is 1. The van der Waals surface area contributed by atoms with Crippen LogP contribution in [-0.4, -0.2) is 195 Å². The predicted molar refractivity (Wildman–Crippen MR) is 253 cm³/mol. The predicted octanol–water partition coefficient (Wildman–Crippen LogP) is -0.865. The third-order valence-electron chi connectivity index (χ3n) is 11.1. The number of hydrogen-bond acceptors (Lipinski definition) is 17. The number of carboxylic acids is 3. The molecule has 1 fully saturated rings. The normalized spacial score (nSPS) is 15.0. The molecule has 5 rings (SSSR count). The molecule has 24 nitrogen and oxygen atoms in total. The standard InChI is InChI=1S/C45H61N13O11/c1-55-16-18-56(20-21-58(28-39(63)64)23-22-57(19-17-55)27-38(61)62)26-36(59)48-15-13-30-5-11-34(12-6-30)69-29-37(60)47-14-3-2-4-35(44(67)68)52-42(65)31-7-9-32(10-8-31)49-24-33-25-50-41-40(51-33)43(66)54-45(46)53-41/h5-12,25,35,49H,2-4,13-24,26-29H2,1H3,(H,47,60)(H,48,59)(H,52,65)(H,61,62)(H,63,64)(H,67,68)(H3,46,50,53,54,66)/t35-/m0/s1. The number of H-pyrrole nitrogens is 1. The van der Waals surface area contributed by atoms with Crippen LogP contribution in [0.4, 0.5) is 11.6 Å². The maximum Gasteiger partial charge on any atom is 0.326 e. The molecule has 2 aromatic heterocycles. The Kier molecular flexibility index (Phi) is 20.5. The van der Waals surface area contributed by atoms with Crippen LogP contribution >= 0.6 is 0 Å². The molecular formula is C45H61N13O11. The van der Waals surface area contributed by atoms with E-state index in [0.29, 0.717) is 95.3 Å². The molecule has 69 heavy (non-hydrogen) atoms. The zero-order valence-electron chi connectivity index (χ0n) is 38.5. The van der Waals surface area contributed by atoms with E-state index in [2.05, 4.69) is 46.1 Å². The minimum absolute atomic E-state index is 0.0510. The average molecular weight is 960 g/mol. The summed E-state index contributed by atoms with van der Waals surface area (Å²) >= 11 is 0. The molecule has 1 saturated heterocycles. The van der Waals surface area contributed by atoms with Crippen LogP contribution in [0.1, 0.15) is 40.9 Å². The Balaban J connectivity index is 0.946. The summed E-state index contributed by atoms with van der Waals surface area (Å²) in [5, 5.41) is 39.9. The minimum Gasteiger partial charge on any atom is -0.484 e. The zero-order valence-corrected chi connectivity index (χ0v) is 38.5. The highest BCUT2D eigenvalue weighted by atomic mass is 16.5. The van der Waals surface area contributed by atoms with Crippen LogP contribution in [0, 0.1) is 0 Å². The maximum atomic E-state index is 13.0. The second kappa shape index (κ2) is 26.9. The lowest BCUT2D eigenvalue weighted by molar-refractivity contribution is -0.140. The van der Waals surface area contributed by atoms with Crippen LogP contribution in [-0.2, 0) is 36.9 Å². The van der Waals surface area contributed by atoms with E-state index in [4.69, 9.17) is 10.5 Å². The van der Waals surface area contributed by atoms with Crippen LogP contribution in [0.25, 0.3) is 11.2 Å². The molecule has 0 unspecified atom stereocenters. The third-order valence-corrected chi connectivity index (χ3v) is 11.1. The quantitative estimate of drug-likeness (QED) is 0.0408. The molecular weight excluding hydrogens is 899 g/mol. The molecule has 1 aliphatic rings. The third kappa shape index (κ3) is 18.7. The van der Waals surface area contributed by atoms with Gasteiger partial charge in [0.1, 0.15) is 11.8 Å². The second-order valence-corrected chi connectivity index (χ2v) is 16.6.